The summed E-state index contributed by atoms with van der Waals surface area (Å²) in [5, 5.41) is 19.9. The van der Waals surface area contributed by atoms with Crippen LogP contribution in [0.4, 0.5) is 0 Å². The van der Waals surface area contributed by atoms with Gasteiger partial charge in [-0.15, -0.1) is 0 Å². The molecule has 1 rings (SSSR count). The van der Waals surface area contributed by atoms with E-state index in [4.69, 9.17) is 0 Å². The summed E-state index contributed by atoms with van der Waals surface area (Å²) in [6, 6.07) is 5.74. The number of esters is 1. The topological polar surface area (TPSA) is 101 Å². The number of thioether (sulfide) groups is 1. The molecule has 0 fully saturated rings. The molecule has 0 amide bonds. The molecule has 6 nitrogen and oxygen atoms in total. The number of hydrogen-bond donors (Lipinski definition) is 2. The maximum atomic E-state index is 11.7. The minimum absolute atomic E-state index is 0.0477. The zero-order valence-electron chi connectivity index (χ0n) is 13.0. The Balaban J connectivity index is 2.66. The molecule has 0 spiro atoms. The van der Waals surface area contributed by atoms with Gasteiger partial charge < -0.3 is 14.9 Å². The molecule has 0 bridgehead atoms. The average molecular weight is 340 g/mol. The summed E-state index contributed by atoms with van der Waals surface area (Å²) in [6.45, 7) is 3.16. The van der Waals surface area contributed by atoms with Crippen LogP contribution in [0.3, 0.4) is 0 Å². The van der Waals surface area contributed by atoms with E-state index in [-0.39, 0.29) is 23.7 Å². The fourth-order valence-corrected chi connectivity index (χ4v) is 2.50. The van der Waals surface area contributed by atoms with E-state index >= 15 is 0 Å². The first-order valence-corrected chi connectivity index (χ1v) is 8.16. The van der Waals surface area contributed by atoms with E-state index in [0.29, 0.717) is 11.3 Å². The first-order chi connectivity index (χ1) is 10.9. The van der Waals surface area contributed by atoms with E-state index < -0.39 is 24.0 Å². The van der Waals surface area contributed by atoms with Gasteiger partial charge in [-0.1, -0.05) is 36.0 Å². The van der Waals surface area contributed by atoms with Crippen LogP contribution in [0.5, 0.6) is 0 Å². The summed E-state index contributed by atoms with van der Waals surface area (Å²) >= 11 is 1.08. The van der Waals surface area contributed by atoms with Crippen LogP contribution in [-0.2, 0) is 14.3 Å². The number of aliphatic hydroxyl groups is 2. The molecule has 23 heavy (non-hydrogen) atoms. The highest BCUT2D eigenvalue weighted by atomic mass is 32.2. The summed E-state index contributed by atoms with van der Waals surface area (Å²) in [5.74, 6) is -1.28. The molecule has 126 valence electrons. The van der Waals surface area contributed by atoms with Crippen LogP contribution in [0.25, 0.3) is 0 Å². The quantitative estimate of drug-likeness (QED) is 0.420. The summed E-state index contributed by atoms with van der Waals surface area (Å²) in [6.07, 6.45) is -1.89. The fraction of sp³-hybridized carbons (Fsp3) is 0.438. The molecule has 2 N–H and O–H groups in total. The van der Waals surface area contributed by atoms with Gasteiger partial charge in [-0.05, 0) is 18.9 Å². The molecule has 0 aromatic heterocycles. The van der Waals surface area contributed by atoms with Crippen molar-refractivity contribution in [1.29, 1.82) is 0 Å². The first kappa shape index (κ1) is 19.3. The van der Waals surface area contributed by atoms with Crippen LogP contribution in [0, 0.1) is 0 Å². The molecule has 2 atom stereocenters. The summed E-state index contributed by atoms with van der Waals surface area (Å²) in [7, 11) is 0. The first-order valence-electron chi connectivity index (χ1n) is 7.17. The van der Waals surface area contributed by atoms with Crippen molar-refractivity contribution in [2.24, 2.45) is 0 Å². The van der Waals surface area contributed by atoms with Gasteiger partial charge in [0.15, 0.2) is 5.12 Å². The molecule has 0 saturated carbocycles. The van der Waals surface area contributed by atoms with Crippen molar-refractivity contribution >= 4 is 28.6 Å². The van der Waals surface area contributed by atoms with E-state index in [9.17, 15) is 24.6 Å². The lowest BCUT2D eigenvalue weighted by atomic mass is 10.0. The van der Waals surface area contributed by atoms with Gasteiger partial charge in [0, 0.05) is 18.2 Å². The van der Waals surface area contributed by atoms with E-state index in [1.807, 2.05) is 0 Å². The summed E-state index contributed by atoms with van der Waals surface area (Å²) in [5.41, 5.74) is 0.576. The number of rotatable bonds is 8. The number of ketones is 1. The standard InChI is InChI=1S/C16H20O6S/c1-3-22-16(21)15(20)12-6-4-11(5-7-12)14(19)13(18)8-9-23-10(2)17/h4-7,13-14,18-19H,3,8-9H2,1-2H3. The smallest absolute Gasteiger partial charge is 0.379 e. The van der Waals surface area contributed by atoms with Gasteiger partial charge in [-0.25, -0.2) is 4.79 Å². The van der Waals surface area contributed by atoms with Crippen LogP contribution in [0.2, 0.25) is 0 Å². The Hall–Kier alpha value is -1.70. The Morgan fingerprint density at radius 2 is 1.78 bits per heavy atom. The third-order valence-corrected chi connectivity index (χ3v) is 3.90. The molecule has 1 aromatic rings. The predicted molar refractivity (Wildman–Crippen MR) is 86.1 cm³/mol. The van der Waals surface area contributed by atoms with Gasteiger partial charge >= 0.3 is 5.97 Å². The largest absolute Gasteiger partial charge is 0.460 e. The van der Waals surface area contributed by atoms with Crippen molar-refractivity contribution in [3.05, 3.63) is 35.4 Å². The van der Waals surface area contributed by atoms with Gasteiger partial charge in [0.1, 0.15) is 6.10 Å². The maximum Gasteiger partial charge on any atom is 0.379 e. The Kier molecular flexibility index (Phi) is 7.94. The van der Waals surface area contributed by atoms with Gasteiger partial charge in [-0.3, -0.25) is 9.59 Å². The van der Waals surface area contributed by atoms with Crippen molar-refractivity contribution < 1.29 is 29.3 Å². The number of ether oxygens (including phenoxy) is 1. The van der Waals surface area contributed by atoms with Gasteiger partial charge in [0.2, 0.25) is 0 Å². The van der Waals surface area contributed by atoms with Crippen molar-refractivity contribution in [2.45, 2.75) is 32.5 Å². The number of carbonyl (C=O) groups is 3. The van der Waals surface area contributed by atoms with Crippen LogP contribution < -0.4 is 0 Å². The second kappa shape index (κ2) is 9.44. The van der Waals surface area contributed by atoms with Gasteiger partial charge in [0.05, 0.1) is 12.7 Å². The van der Waals surface area contributed by atoms with Crippen molar-refractivity contribution in [1.82, 2.24) is 0 Å². The number of hydrogen-bond acceptors (Lipinski definition) is 7. The van der Waals surface area contributed by atoms with Crippen molar-refractivity contribution in [3.8, 4) is 0 Å². The summed E-state index contributed by atoms with van der Waals surface area (Å²) < 4.78 is 4.63. The van der Waals surface area contributed by atoms with Crippen LogP contribution >= 0.6 is 11.8 Å². The van der Waals surface area contributed by atoms with Crippen LogP contribution in [0.1, 0.15) is 42.3 Å². The molecular weight excluding hydrogens is 320 g/mol. The van der Waals surface area contributed by atoms with Gasteiger partial charge in [0.25, 0.3) is 5.78 Å². The third-order valence-electron chi connectivity index (χ3n) is 3.06. The fourth-order valence-electron chi connectivity index (χ4n) is 1.85. The van der Waals surface area contributed by atoms with E-state index in [1.54, 1.807) is 6.92 Å². The minimum atomic E-state index is -1.13. The van der Waals surface area contributed by atoms with Crippen molar-refractivity contribution in [3.63, 3.8) is 0 Å². The molecule has 0 aliphatic carbocycles. The van der Waals surface area contributed by atoms with E-state index in [2.05, 4.69) is 4.74 Å². The van der Waals surface area contributed by atoms with E-state index in [1.165, 1.54) is 31.2 Å². The number of carbonyl (C=O) groups excluding carboxylic acids is 3. The van der Waals surface area contributed by atoms with E-state index in [0.717, 1.165) is 11.8 Å². The number of aliphatic hydroxyl groups excluding tert-OH is 2. The molecule has 0 saturated heterocycles. The normalized spacial score (nSPS) is 13.2. The summed E-state index contributed by atoms with van der Waals surface area (Å²) in [4.78, 5) is 33.9. The highest BCUT2D eigenvalue weighted by Gasteiger charge is 2.21. The van der Waals surface area contributed by atoms with Crippen molar-refractivity contribution in [2.75, 3.05) is 12.4 Å². The molecule has 2 unspecified atom stereocenters. The molecule has 1 aromatic carbocycles. The molecular formula is C16H20O6S. The Bertz CT molecular complexity index is 554. The maximum absolute atomic E-state index is 11.7. The lowest BCUT2D eigenvalue weighted by Crippen LogP contribution is -2.20. The average Bonchev–Trinajstić information content (AvgIpc) is 2.53. The van der Waals surface area contributed by atoms with Gasteiger partial charge in [-0.2, -0.15) is 0 Å². The lowest BCUT2D eigenvalue weighted by molar-refractivity contribution is -0.137. The lowest BCUT2D eigenvalue weighted by Gasteiger charge is -2.18. The Morgan fingerprint density at radius 1 is 1.17 bits per heavy atom. The number of benzene rings is 1. The monoisotopic (exact) mass is 340 g/mol. The molecule has 7 heteroatoms. The molecule has 0 heterocycles. The zero-order valence-corrected chi connectivity index (χ0v) is 13.8. The molecule has 0 aliphatic rings. The Labute approximate surface area is 138 Å². The SMILES string of the molecule is CCOC(=O)C(=O)c1ccc(C(O)C(O)CCSC(C)=O)cc1. The Morgan fingerprint density at radius 3 is 2.30 bits per heavy atom. The zero-order chi connectivity index (χ0) is 17.4. The predicted octanol–water partition coefficient (Wildman–Crippen LogP) is 1.50. The highest BCUT2D eigenvalue weighted by molar-refractivity contribution is 8.13. The minimum Gasteiger partial charge on any atom is -0.460 e. The molecule has 0 radical (unpaired) electrons. The van der Waals surface area contributed by atoms with Crippen LogP contribution in [-0.4, -0.2) is 45.5 Å². The second-order valence-electron chi connectivity index (χ2n) is 4.81. The third kappa shape index (κ3) is 6.13. The second-order valence-corrected chi connectivity index (χ2v) is 6.08. The highest BCUT2D eigenvalue weighted by Crippen LogP contribution is 2.21. The number of Topliss-reactive ketones (excluding diaryl/α,β-unsaturated/α-hetero) is 1. The van der Waals surface area contributed by atoms with Crippen LogP contribution in [0.15, 0.2) is 24.3 Å². The molecule has 0 aliphatic heterocycles.